The van der Waals surface area contributed by atoms with Gasteiger partial charge in [0.15, 0.2) is 5.78 Å². The van der Waals surface area contributed by atoms with Crippen molar-refractivity contribution in [3.8, 4) is 0 Å². The Morgan fingerprint density at radius 1 is 1.54 bits per heavy atom. The average Bonchev–Trinajstić information content (AvgIpc) is 2.04. The molecular weight excluding hydrogens is 164 g/mol. The van der Waals surface area contributed by atoms with E-state index in [0.717, 1.165) is 6.42 Å². The molecule has 76 valence electrons. The SMILES string of the molecule is CCC(C)(C)C(C=CC(C)=O)OC. The van der Waals surface area contributed by atoms with Crippen LogP contribution in [0.5, 0.6) is 0 Å². The van der Waals surface area contributed by atoms with Gasteiger partial charge in [0.25, 0.3) is 0 Å². The van der Waals surface area contributed by atoms with Gasteiger partial charge < -0.3 is 4.74 Å². The summed E-state index contributed by atoms with van der Waals surface area (Å²) in [4.78, 5) is 10.7. The molecule has 0 amide bonds. The maximum Gasteiger partial charge on any atom is 0.152 e. The lowest BCUT2D eigenvalue weighted by atomic mass is 9.83. The number of allylic oxidation sites excluding steroid dienone is 1. The van der Waals surface area contributed by atoms with Gasteiger partial charge in [0, 0.05) is 7.11 Å². The van der Waals surface area contributed by atoms with E-state index in [1.54, 1.807) is 20.1 Å². The van der Waals surface area contributed by atoms with Crippen molar-refractivity contribution in [1.29, 1.82) is 0 Å². The second kappa shape index (κ2) is 5.18. The molecule has 0 rings (SSSR count). The number of rotatable bonds is 5. The van der Waals surface area contributed by atoms with Gasteiger partial charge in [0.2, 0.25) is 0 Å². The summed E-state index contributed by atoms with van der Waals surface area (Å²) in [6.45, 7) is 7.92. The van der Waals surface area contributed by atoms with Crippen molar-refractivity contribution in [3.63, 3.8) is 0 Å². The van der Waals surface area contributed by atoms with Crippen molar-refractivity contribution in [3.05, 3.63) is 12.2 Å². The van der Waals surface area contributed by atoms with Gasteiger partial charge >= 0.3 is 0 Å². The summed E-state index contributed by atoms with van der Waals surface area (Å²) < 4.78 is 5.32. The van der Waals surface area contributed by atoms with Crippen LogP contribution in [0.1, 0.15) is 34.1 Å². The monoisotopic (exact) mass is 184 g/mol. The van der Waals surface area contributed by atoms with Gasteiger partial charge in [-0.05, 0) is 24.8 Å². The Labute approximate surface area is 81.0 Å². The molecule has 0 saturated heterocycles. The van der Waals surface area contributed by atoms with E-state index < -0.39 is 0 Å². The fourth-order valence-electron chi connectivity index (χ4n) is 1.08. The quantitative estimate of drug-likeness (QED) is 0.614. The highest BCUT2D eigenvalue weighted by atomic mass is 16.5. The zero-order valence-electron chi connectivity index (χ0n) is 9.26. The average molecular weight is 184 g/mol. The van der Waals surface area contributed by atoms with Crippen molar-refractivity contribution >= 4 is 5.78 Å². The van der Waals surface area contributed by atoms with Gasteiger partial charge in [0.05, 0.1) is 6.10 Å². The lowest BCUT2D eigenvalue weighted by molar-refractivity contribution is -0.112. The summed E-state index contributed by atoms with van der Waals surface area (Å²) in [5, 5.41) is 0. The van der Waals surface area contributed by atoms with Crippen molar-refractivity contribution in [1.82, 2.24) is 0 Å². The van der Waals surface area contributed by atoms with Crippen LogP contribution in [0.2, 0.25) is 0 Å². The Morgan fingerprint density at radius 2 is 2.08 bits per heavy atom. The van der Waals surface area contributed by atoms with Crippen molar-refractivity contribution in [2.75, 3.05) is 7.11 Å². The first-order valence-electron chi connectivity index (χ1n) is 4.65. The minimum atomic E-state index is 0.0152. The zero-order chi connectivity index (χ0) is 10.5. The predicted molar refractivity (Wildman–Crippen MR) is 54.7 cm³/mol. The Hall–Kier alpha value is -0.630. The molecule has 0 aromatic heterocycles. The molecule has 0 aliphatic heterocycles. The van der Waals surface area contributed by atoms with Gasteiger partial charge in [-0.3, -0.25) is 4.79 Å². The third-order valence-electron chi connectivity index (χ3n) is 2.44. The molecular formula is C11H20O2. The summed E-state index contributed by atoms with van der Waals surface area (Å²) in [5.41, 5.74) is 0.0840. The molecule has 1 unspecified atom stereocenters. The molecule has 0 bridgehead atoms. The topological polar surface area (TPSA) is 26.3 Å². The van der Waals surface area contributed by atoms with E-state index in [9.17, 15) is 4.79 Å². The van der Waals surface area contributed by atoms with E-state index in [1.165, 1.54) is 0 Å². The molecule has 0 aromatic carbocycles. The highest BCUT2D eigenvalue weighted by Crippen LogP contribution is 2.27. The molecule has 2 nitrogen and oxygen atoms in total. The van der Waals surface area contributed by atoms with Gasteiger partial charge in [-0.2, -0.15) is 0 Å². The molecule has 0 spiro atoms. The van der Waals surface area contributed by atoms with Crippen LogP contribution in [0.15, 0.2) is 12.2 Å². The number of hydrogen-bond donors (Lipinski definition) is 0. The van der Waals surface area contributed by atoms with Gasteiger partial charge in [-0.1, -0.05) is 26.8 Å². The predicted octanol–water partition coefficient (Wildman–Crippen LogP) is 2.58. The van der Waals surface area contributed by atoms with Crippen LogP contribution in [-0.4, -0.2) is 19.0 Å². The Balaban J connectivity index is 4.42. The molecule has 0 aliphatic rings. The summed E-state index contributed by atoms with van der Waals surface area (Å²) in [7, 11) is 1.67. The normalized spacial score (nSPS) is 14.8. The van der Waals surface area contributed by atoms with Gasteiger partial charge in [-0.25, -0.2) is 0 Å². The highest BCUT2D eigenvalue weighted by molar-refractivity contribution is 5.87. The van der Waals surface area contributed by atoms with E-state index >= 15 is 0 Å². The minimum Gasteiger partial charge on any atom is -0.377 e. The maximum atomic E-state index is 10.7. The standard InChI is InChI=1S/C11H20O2/c1-6-11(3,4)10(13-5)8-7-9(2)12/h7-8,10H,6H2,1-5H3. The van der Waals surface area contributed by atoms with E-state index in [0.29, 0.717) is 0 Å². The lowest BCUT2D eigenvalue weighted by Gasteiger charge is -2.29. The second-order valence-corrected chi connectivity index (χ2v) is 3.97. The third kappa shape index (κ3) is 4.23. The molecule has 13 heavy (non-hydrogen) atoms. The van der Waals surface area contributed by atoms with E-state index in [-0.39, 0.29) is 17.3 Å². The molecule has 0 aliphatic carbocycles. The molecule has 0 fully saturated rings. The molecule has 0 N–H and O–H groups in total. The van der Waals surface area contributed by atoms with Crippen LogP contribution < -0.4 is 0 Å². The van der Waals surface area contributed by atoms with Gasteiger partial charge in [0.1, 0.15) is 0 Å². The molecule has 1 atom stereocenters. The van der Waals surface area contributed by atoms with Crippen molar-refractivity contribution in [2.45, 2.75) is 40.2 Å². The Kier molecular flexibility index (Phi) is 4.92. The Bertz CT molecular complexity index is 192. The number of carbonyl (C=O) groups is 1. The number of hydrogen-bond acceptors (Lipinski definition) is 2. The van der Waals surface area contributed by atoms with Crippen LogP contribution in [0, 0.1) is 5.41 Å². The molecule has 0 radical (unpaired) electrons. The Morgan fingerprint density at radius 3 is 2.38 bits per heavy atom. The first kappa shape index (κ1) is 12.4. The number of ketones is 1. The van der Waals surface area contributed by atoms with Crippen LogP contribution in [0.4, 0.5) is 0 Å². The molecule has 0 saturated carbocycles. The first-order chi connectivity index (χ1) is 5.94. The lowest BCUT2D eigenvalue weighted by Crippen LogP contribution is -2.28. The van der Waals surface area contributed by atoms with Gasteiger partial charge in [-0.15, -0.1) is 0 Å². The summed E-state index contributed by atoms with van der Waals surface area (Å²) in [6.07, 6.45) is 4.45. The minimum absolute atomic E-state index is 0.0152. The number of carbonyl (C=O) groups excluding carboxylic acids is 1. The summed E-state index contributed by atoms with van der Waals surface area (Å²) in [5.74, 6) is 0.0638. The third-order valence-corrected chi connectivity index (χ3v) is 2.44. The largest absolute Gasteiger partial charge is 0.377 e. The van der Waals surface area contributed by atoms with E-state index in [4.69, 9.17) is 4.74 Å². The highest BCUT2D eigenvalue weighted by Gasteiger charge is 2.25. The second-order valence-electron chi connectivity index (χ2n) is 3.97. The zero-order valence-corrected chi connectivity index (χ0v) is 9.26. The van der Waals surface area contributed by atoms with Crippen molar-refractivity contribution in [2.24, 2.45) is 5.41 Å². The molecule has 0 heterocycles. The summed E-state index contributed by atoms with van der Waals surface area (Å²) in [6, 6.07) is 0. The van der Waals surface area contributed by atoms with Crippen LogP contribution in [0.25, 0.3) is 0 Å². The smallest absolute Gasteiger partial charge is 0.152 e. The fourth-order valence-corrected chi connectivity index (χ4v) is 1.08. The van der Waals surface area contributed by atoms with Crippen molar-refractivity contribution < 1.29 is 9.53 Å². The van der Waals surface area contributed by atoms with E-state index in [2.05, 4.69) is 20.8 Å². The van der Waals surface area contributed by atoms with Crippen LogP contribution in [-0.2, 0) is 9.53 Å². The maximum absolute atomic E-state index is 10.7. The molecule has 0 aromatic rings. The van der Waals surface area contributed by atoms with Crippen LogP contribution in [0.3, 0.4) is 0 Å². The number of methoxy groups -OCH3 is 1. The van der Waals surface area contributed by atoms with Crippen LogP contribution >= 0.6 is 0 Å². The van der Waals surface area contributed by atoms with E-state index in [1.807, 2.05) is 6.08 Å². The number of ether oxygens (including phenoxy) is 1. The summed E-state index contributed by atoms with van der Waals surface area (Å²) >= 11 is 0. The first-order valence-corrected chi connectivity index (χ1v) is 4.65. The molecule has 2 heteroatoms. The fraction of sp³-hybridized carbons (Fsp3) is 0.727.